The van der Waals surface area contributed by atoms with Crippen LogP contribution in [0.25, 0.3) is 0 Å². The zero-order chi connectivity index (χ0) is 11.3. The van der Waals surface area contributed by atoms with Crippen LogP contribution >= 0.6 is 0 Å². The predicted molar refractivity (Wildman–Crippen MR) is 57.4 cm³/mol. The van der Waals surface area contributed by atoms with E-state index in [0.717, 1.165) is 25.7 Å². The van der Waals surface area contributed by atoms with Crippen LogP contribution in [-0.2, 0) is 14.3 Å². The molecule has 88 valence electrons. The summed E-state index contributed by atoms with van der Waals surface area (Å²) in [6, 6.07) is 0. The Morgan fingerprint density at radius 2 is 2.27 bits per heavy atom. The molecule has 1 fully saturated rings. The average molecular weight is 215 g/mol. The molecule has 1 aliphatic carbocycles. The first-order valence-corrected chi connectivity index (χ1v) is 5.53. The lowest BCUT2D eigenvalue weighted by atomic mass is 9.77. The summed E-state index contributed by atoms with van der Waals surface area (Å²) in [6.45, 7) is 2.85. The second kappa shape index (κ2) is 5.47. The predicted octanol–water partition coefficient (Wildman–Crippen LogP) is 1.08. The number of carbonyl (C=O) groups is 1. The maximum Gasteiger partial charge on any atom is 0.326 e. The molecule has 2 atom stereocenters. The van der Waals surface area contributed by atoms with Crippen LogP contribution in [0.2, 0.25) is 0 Å². The van der Waals surface area contributed by atoms with Crippen LogP contribution in [0.3, 0.4) is 0 Å². The van der Waals surface area contributed by atoms with Crippen molar-refractivity contribution < 1.29 is 14.3 Å². The molecule has 0 saturated heterocycles. The smallest absolute Gasteiger partial charge is 0.326 e. The van der Waals surface area contributed by atoms with E-state index in [1.54, 1.807) is 7.11 Å². The van der Waals surface area contributed by atoms with Gasteiger partial charge >= 0.3 is 5.97 Å². The van der Waals surface area contributed by atoms with Gasteiger partial charge in [-0.1, -0.05) is 19.8 Å². The lowest BCUT2D eigenvalue weighted by Gasteiger charge is -2.34. The third-order valence-corrected chi connectivity index (χ3v) is 2.96. The Kier molecular flexibility index (Phi) is 4.54. The Morgan fingerprint density at radius 1 is 1.53 bits per heavy atom. The van der Waals surface area contributed by atoms with E-state index in [4.69, 9.17) is 15.2 Å². The lowest BCUT2D eigenvalue weighted by molar-refractivity contribution is -0.153. The minimum Gasteiger partial charge on any atom is -0.462 e. The summed E-state index contributed by atoms with van der Waals surface area (Å²) in [5, 5.41) is 0. The Labute approximate surface area is 91.1 Å². The largest absolute Gasteiger partial charge is 0.462 e. The van der Waals surface area contributed by atoms with E-state index in [2.05, 4.69) is 6.92 Å². The number of hydrogen-bond donors (Lipinski definition) is 1. The Morgan fingerprint density at radius 3 is 2.87 bits per heavy atom. The number of ether oxygens (including phenoxy) is 2. The van der Waals surface area contributed by atoms with E-state index in [1.165, 1.54) is 0 Å². The van der Waals surface area contributed by atoms with E-state index < -0.39 is 5.54 Å². The molecule has 2 unspecified atom stereocenters. The van der Waals surface area contributed by atoms with Crippen molar-refractivity contribution in [3.8, 4) is 0 Å². The highest BCUT2D eigenvalue weighted by atomic mass is 16.6. The quantitative estimate of drug-likeness (QED) is 0.563. The number of hydrogen-bond acceptors (Lipinski definition) is 4. The molecule has 1 saturated carbocycles. The first-order valence-electron chi connectivity index (χ1n) is 5.53. The molecule has 0 bridgehead atoms. The fraction of sp³-hybridized carbons (Fsp3) is 0.909. The van der Waals surface area contributed by atoms with Gasteiger partial charge in [-0.25, -0.2) is 0 Å². The monoisotopic (exact) mass is 215 g/mol. The van der Waals surface area contributed by atoms with Crippen molar-refractivity contribution in [3.63, 3.8) is 0 Å². The Bertz CT molecular complexity index is 220. The van der Waals surface area contributed by atoms with Gasteiger partial charge in [0.1, 0.15) is 12.1 Å². The molecule has 4 nitrogen and oxygen atoms in total. The van der Waals surface area contributed by atoms with E-state index in [-0.39, 0.29) is 5.97 Å². The third kappa shape index (κ3) is 3.47. The first-order chi connectivity index (χ1) is 7.08. The van der Waals surface area contributed by atoms with Crippen molar-refractivity contribution in [2.45, 2.75) is 38.1 Å². The Balaban J connectivity index is 2.41. The fourth-order valence-electron chi connectivity index (χ4n) is 2.14. The van der Waals surface area contributed by atoms with Gasteiger partial charge in [0, 0.05) is 7.11 Å². The van der Waals surface area contributed by atoms with Crippen LogP contribution < -0.4 is 5.73 Å². The maximum atomic E-state index is 11.7. The summed E-state index contributed by atoms with van der Waals surface area (Å²) >= 11 is 0. The van der Waals surface area contributed by atoms with E-state index in [0.29, 0.717) is 19.1 Å². The van der Waals surface area contributed by atoms with Gasteiger partial charge in [-0.05, 0) is 18.8 Å². The SMILES string of the molecule is COCCOC(=O)C1(N)CCCC(C)C1. The van der Waals surface area contributed by atoms with Gasteiger partial charge in [-0.15, -0.1) is 0 Å². The zero-order valence-corrected chi connectivity index (χ0v) is 9.62. The van der Waals surface area contributed by atoms with Crippen LogP contribution in [0.5, 0.6) is 0 Å². The summed E-state index contributed by atoms with van der Waals surface area (Å²) < 4.78 is 9.90. The van der Waals surface area contributed by atoms with Crippen molar-refractivity contribution in [3.05, 3.63) is 0 Å². The summed E-state index contributed by atoms with van der Waals surface area (Å²) in [5.74, 6) is 0.241. The standard InChI is InChI=1S/C11H21NO3/c1-9-4-3-5-11(12,8-9)10(13)15-7-6-14-2/h9H,3-8,12H2,1-2H3. The molecule has 0 radical (unpaired) electrons. The molecule has 1 aliphatic rings. The molecule has 0 aliphatic heterocycles. The van der Waals surface area contributed by atoms with Crippen LogP contribution in [0.15, 0.2) is 0 Å². The van der Waals surface area contributed by atoms with Crippen LogP contribution in [0.1, 0.15) is 32.6 Å². The van der Waals surface area contributed by atoms with Gasteiger partial charge in [0.25, 0.3) is 0 Å². The van der Waals surface area contributed by atoms with Gasteiger partial charge in [0.2, 0.25) is 0 Å². The van der Waals surface area contributed by atoms with Crippen molar-refractivity contribution in [2.24, 2.45) is 11.7 Å². The summed E-state index contributed by atoms with van der Waals surface area (Å²) in [6.07, 6.45) is 3.64. The zero-order valence-electron chi connectivity index (χ0n) is 9.62. The van der Waals surface area contributed by atoms with Gasteiger partial charge in [-0.3, -0.25) is 4.79 Å². The molecule has 0 aromatic carbocycles. The number of carbonyl (C=O) groups excluding carboxylic acids is 1. The highest BCUT2D eigenvalue weighted by molar-refractivity contribution is 5.80. The normalized spacial score (nSPS) is 31.3. The highest BCUT2D eigenvalue weighted by Gasteiger charge is 2.39. The summed E-state index contributed by atoms with van der Waals surface area (Å²) in [7, 11) is 1.58. The van der Waals surface area contributed by atoms with E-state index in [1.807, 2.05) is 0 Å². The van der Waals surface area contributed by atoms with Crippen LogP contribution in [0.4, 0.5) is 0 Å². The summed E-state index contributed by atoms with van der Waals surface area (Å²) in [5.41, 5.74) is 5.30. The van der Waals surface area contributed by atoms with Crippen LogP contribution in [0, 0.1) is 5.92 Å². The topological polar surface area (TPSA) is 61.5 Å². The molecule has 0 heterocycles. The minimum absolute atomic E-state index is 0.272. The van der Waals surface area contributed by atoms with Gasteiger partial charge in [-0.2, -0.15) is 0 Å². The number of nitrogens with two attached hydrogens (primary N) is 1. The molecule has 0 spiro atoms. The first kappa shape index (κ1) is 12.5. The molecule has 0 aromatic heterocycles. The van der Waals surface area contributed by atoms with E-state index in [9.17, 15) is 4.79 Å². The van der Waals surface area contributed by atoms with Gasteiger partial charge in [0.15, 0.2) is 0 Å². The molecule has 4 heteroatoms. The van der Waals surface area contributed by atoms with Gasteiger partial charge < -0.3 is 15.2 Å². The third-order valence-electron chi connectivity index (χ3n) is 2.96. The van der Waals surface area contributed by atoms with Gasteiger partial charge in [0.05, 0.1) is 6.61 Å². The van der Waals surface area contributed by atoms with E-state index >= 15 is 0 Å². The molecule has 2 N–H and O–H groups in total. The van der Waals surface area contributed by atoms with Crippen molar-refractivity contribution >= 4 is 5.97 Å². The Hall–Kier alpha value is -0.610. The van der Waals surface area contributed by atoms with Crippen LogP contribution in [-0.4, -0.2) is 31.8 Å². The maximum absolute atomic E-state index is 11.7. The number of rotatable bonds is 4. The molecule has 15 heavy (non-hydrogen) atoms. The second-order valence-corrected chi connectivity index (χ2v) is 4.49. The van der Waals surface area contributed by atoms with Crippen molar-refractivity contribution in [1.82, 2.24) is 0 Å². The lowest BCUT2D eigenvalue weighted by Crippen LogP contribution is -2.52. The molecular formula is C11H21NO3. The molecule has 0 amide bonds. The van der Waals surface area contributed by atoms with Crippen molar-refractivity contribution in [2.75, 3.05) is 20.3 Å². The number of esters is 1. The highest BCUT2D eigenvalue weighted by Crippen LogP contribution is 2.31. The summed E-state index contributed by atoms with van der Waals surface area (Å²) in [4.78, 5) is 11.7. The molecule has 1 rings (SSSR count). The average Bonchev–Trinajstić information content (AvgIpc) is 2.17. The second-order valence-electron chi connectivity index (χ2n) is 4.49. The fourth-order valence-corrected chi connectivity index (χ4v) is 2.14. The number of methoxy groups -OCH3 is 1. The van der Waals surface area contributed by atoms with Crippen molar-refractivity contribution in [1.29, 1.82) is 0 Å². The minimum atomic E-state index is -0.759. The molecular weight excluding hydrogens is 194 g/mol. The molecule has 0 aromatic rings.